The van der Waals surface area contributed by atoms with E-state index < -0.39 is 20.2 Å². The van der Waals surface area contributed by atoms with Gasteiger partial charge in [0.05, 0.1) is 9.79 Å². The standard InChI is InChI=1S/2C34H56O3S.Ba/c2*1-3-5-7-9-11-13-15-17-19-21-25-30-29-31(26-22-20-18-16-14-12-10-8-6-4-2)34(38(35,36)37)33-28-24-23-27-32(30)33;/h2*23-24,27-29H,3-22,25-26H2,1-2H3,(H,35,36,37);/q;;+2/p-2. The van der Waals surface area contributed by atoms with E-state index in [9.17, 15) is 25.9 Å². The van der Waals surface area contributed by atoms with Crippen molar-refractivity contribution in [3.05, 3.63) is 82.9 Å². The molecule has 0 spiro atoms. The molecule has 0 saturated heterocycles. The first-order valence-corrected chi connectivity index (χ1v) is 34.8. The van der Waals surface area contributed by atoms with Gasteiger partial charge in [0, 0.05) is 0 Å². The van der Waals surface area contributed by atoms with Crippen LogP contribution in [0.1, 0.15) is 307 Å². The van der Waals surface area contributed by atoms with E-state index >= 15 is 0 Å². The molecule has 0 aliphatic rings. The minimum Gasteiger partial charge on any atom is -0.744 e. The Labute approximate surface area is 514 Å². The maximum Gasteiger partial charge on any atom is 2.00 e. The van der Waals surface area contributed by atoms with Gasteiger partial charge < -0.3 is 9.11 Å². The summed E-state index contributed by atoms with van der Waals surface area (Å²) in [6, 6.07) is 19.3. The van der Waals surface area contributed by atoms with Crippen molar-refractivity contribution in [2.24, 2.45) is 0 Å². The summed E-state index contributed by atoms with van der Waals surface area (Å²) in [5.41, 5.74) is 3.88. The molecule has 0 aliphatic carbocycles. The van der Waals surface area contributed by atoms with E-state index in [0.717, 1.165) is 73.3 Å². The Hall–Kier alpha value is -1.21. The van der Waals surface area contributed by atoms with Crippen molar-refractivity contribution in [3.63, 3.8) is 0 Å². The zero-order chi connectivity index (χ0) is 55.0. The van der Waals surface area contributed by atoms with Crippen LogP contribution in [0.25, 0.3) is 21.5 Å². The van der Waals surface area contributed by atoms with Crippen LogP contribution in [-0.4, -0.2) is 74.8 Å². The second kappa shape index (κ2) is 45.3. The predicted octanol–water partition coefficient (Wildman–Crippen LogP) is 21.0. The third-order valence-electron chi connectivity index (χ3n) is 16.0. The normalized spacial score (nSPS) is 11.8. The summed E-state index contributed by atoms with van der Waals surface area (Å²) in [5, 5.41) is 3.11. The van der Waals surface area contributed by atoms with E-state index in [1.54, 1.807) is 0 Å². The summed E-state index contributed by atoms with van der Waals surface area (Å²) in [5.74, 6) is 0. The van der Waals surface area contributed by atoms with Gasteiger partial charge in [0.25, 0.3) is 0 Å². The minimum atomic E-state index is -4.53. The van der Waals surface area contributed by atoms with Gasteiger partial charge in [0.15, 0.2) is 0 Å². The van der Waals surface area contributed by atoms with Crippen LogP contribution in [-0.2, 0) is 45.9 Å². The monoisotopic (exact) mass is 1220 g/mol. The number of unbranched alkanes of at least 4 members (excludes halogenated alkanes) is 36. The summed E-state index contributed by atoms with van der Waals surface area (Å²) in [6.07, 6.45) is 54.1. The fourth-order valence-corrected chi connectivity index (χ4v) is 13.4. The van der Waals surface area contributed by atoms with Gasteiger partial charge in [-0.15, -0.1) is 0 Å². The SMILES string of the molecule is CCCCCCCCCCCCc1cc(CCCCCCCCCCCC)c2ccccc2c1S(=O)(=O)[O-].CCCCCCCCCCCCc1cc(CCCCCCCCCCCC)c2ccccc2c1S(=O)(=O)[O-].[Ba+2]. The molecule has 4 rings (SSSR count). The van der Waals surface area contributed by atoms with Crippen molar-refractivity contribution in [3.8, 4) is 0 Å². The van der Waals surface area contributed by atoms with Crippen LogP contribution in [0.15, 0.2) is 70.5 Å². The fourth-order valence-electron chi connectivity index (χ4n) is 11.6. The predicted molar refractivity (Wildman–Crippen MR) is 332 cm³/mol. The smallest absolute Gasteiger partial charge is 0.744 e. The topological polar surface area (TPSA) is 114 Å². The molecular formula is C68H110BaO6S2. The van der Waals surface area contributed by atoms with Crippen LogP contribution in [0, 0.1) is 0 Å². The average molecular weight is 1230 g/mol. The van der Waals surface area contributed by atoms with E-state index in [-0.39, 0.29) is 58.7 Å². The maximum absolute atomic E-state index is 12.3. The molecule has 432 valence electrons. The molecule has 0 N–H and O–H groups in total. The van der Waals surface area contributed by atoms with E-state index in [2.05, 4.69) is 39.8 Å². The van der Waals surface area contributed by atoms with Crippen molar-refractivity contribution in [2.75, 3.05) is 0 Å². The molecule has 0 bridgehead atoms. The Kier molecular flexibility index (Phi) is 42.3. The summed E-state index contributed by atoms with van der Waals surface area (Å²) in [6.45, 7) is 9.02. The van der Waals surface area contributed by atoms with Gasteiger partial charge in [-0.25, -0.2) is 16.8 Å². The summed E-state index contributed by atoms with van der Waals surface area (Å²) in [4.78, 5) is 0.0479. The third kappa shape index (κ3) is 31.2. The molecule has 0 aromatic heterocycles. The number of fused-ring (bicyclic) bond motifs is 2. The summed E-state index contributed by atoms with van der Waals surface area (Å²) in [7, 11) is -9.07. The Bertz CT molecular complexity index is 2160. The molecule has 0 radical (unpaired) electrons. The van der Waals surface area contributed by atoms with Crippen LogP contribution in [0.2, 0.25) is 0 Å². The molecular weight excluding hydrogens is 1110 g/mol. The van der Waals surface area contributed by atoms with Crippen molar-refractivity contribution in [1.29, 1.82) is 0 Å². The van der Waals surface area contributed by atoms with E-state index in [1.165, 1.54) is 229 Å². The fraction of sp³-hybridized carbons (Fsp3) is 0.706. The van der Waals surface area contributed by atoms with Crippen molar-refractivity contribution in [1.82, 2.24) is 0 Å². The Morgan fingerprint density at radius 2 is 0.455 bits per heavy atom. The van der Waals surface area contributed by atoms with Gasteiger partial charge in [0.1, 0.15) is 20.2 Å². The number of rotatable bonds is 46. The second-order valence-corrected chi connectivity index (χ2v) is 25.4. The van der Waals surface area contributed by atoms with Gasteiger partial charge in [-0.2, -0.15) is 0 Å². The summed E-state index contributed by atoms with van der Waals surface area (Å²) < 4.78 is 74.1. The Morgan fingerprint density at radius 1 is 0.273 bits per heavy atom. The van der Waals surface area contributed by atoms with Gasteiger partial charge in [-0.3, -0.25) is 0 Å². The largest absolute Gasteiger partial charge is 2.00 e. The third-order valence-corrected chi connectivity index (χ3v) is 18.0. The number of aryl methyl sites for hydroxylation is 4. The number of hydrogen-bond acceptors (Lipinski definition) is 6. The molecule has 0 heterocycles. The molecule has 77 heavy (non-hydrogen) atoms. The van der Waals surface area contributed by atoms with Gasteiger partial charge in [-0.1, -0.05) is 320 Å². The van der Waals surface area contributed by atoms with Crippen LogP contribution >= 0.6 is 0 Å². The minimum absolute atomic E-state index is 0. The van der Waals surface area contributed by atoms with Crippen LogP contribution in [0.5, 0.6) is 0 Å². The summed E-state index contributed by atoms with van der Waals surface area (Å²) >= 11 is 0. The quantitative estimate of drug-likeness (QED) is 0.0247. The molecule has 0 saturated carbocycles. The maximum atomic E-state index is 12.3. The van der Waals surface area contributed by atoms with Crippen molar-refractivity contribution < 1.29 is 25.9 Å². The van der Waals surface area contributed by atoms with Crippen LogP contribution in [0.3, 0.4) is 0 Å². The molecule has 4 aromatic carbocycles. The van der Waals surface area contributed by atoms with E-state index in [0.29, 0.717) is 23.6 Å². The van der Waals surface area contributed by atoms with Gasteiger partial charge >= 0.3 is 48.9 Å². The molecule has 0 aliphatic heterocycles. The molecule has 6 nitrogen and oxygen atoms in total. The van der Waals surface area contributed by atoms with Crippen LogP contribution in [0.4, 0.5) is 0 Å². The molecule has 9 heteroatoms. The van der Waals surface area contributed by atoms with Crippen molar-refractivity contribution in [2.45, 2.75) is 320 Å². The zero-order valence-corrected chi connectivity index (χ0v) is 55.9. The first kappa shape index (κ1) is 71.9. The van der Waals surface area contributed by atoms with E-state index in [1.807, 2.05) is 48.5 Å². The van der Waals surface area contributed by atoms with Gasteiger partial charge in [-0.05, 0) is 95.2 Å². The molecule has 0 unspecified atom stereocenters. The Balaban J connectivity index is 0.000000520. The van der Waals surface area contributed by atoms with Crippen LogP contribution < -0.4 is 0 Å². The first-order valence-electron chi connectivity index (χ1n) is 32.0. The zero-order valence-electron chi connectivity index (χ0n) is 49.9. The van der Waals surface area contributed by atoms with Crippen molar-refractivity contribution >= 4 is 90.7 Å². The number of benzene rings is 4. The molecule has 0 fully saturated rings. The Morgan fingerprint density at radius 3 is 0.662 bits per heavy atom. The molecule has 0 atom stereocenters. The van der Waals surface area contributed by atoms with E-state index in [4.69, 9.17) is 0 Å². The van der Waals surface area contributed by atoms with Gasteiger partial charge in [0.2, 0.25) is 0 Å². The molecule has 4 aromatic rings. The first-order chi connectivity index (χ1) is 37.0. The molecule has 0 amide bonds. The second-order valence-electron chi connectivity index (χ2n) is 22.8. The average Bonchev–Trinajstić information content (AvgIpc) is 3.43. The number of hydrogen-bond donors (Lipinski definition) is 0.